The number of carbonyl (C=O) groups excluding carboxylic acids is 1. The summed E-state index contributed by atoms with van der Waals surface area (Å²) >= 11 is 0. The molecule has 36 heavy (non-hydrogen) atoms. The summed E-state index contributed by atoms with van der Waals surface area (Å²) in [6, 6.07) is 21.0. The van der Waals surface area contributed by atoms with E-state index in [0.29, 0.717) is 35.2 Å². The van der Waals surface area contributed by atoms with Crippen molar-refractivity contribution in [2.45, 2.75) is 33.1 Å². The summed E-state index contributed by atoms with van der Waals surface area (Å²) < 4.78 is 18.2. The first-order valence-corrected chi connectivity index (χ1v) is 11.8. The maximum Gasteiger partial charge on any atom is 0.336 e. The first-order chi connectivity index (χ1) is 17.3. The van der Waals surface area contributed by atoms with Crippen LogP contribution in [0.25, 0.3) is 17.1 Å². The first kappa shape index (κ1) is 23.4. The summed E-state index contributed by atoms with van der Waals surface area (Å²) in [5.74, 6) is 1.80. The number of hydrogen-bond donors (Lipinski definition) is 1. The van der Waals surface area contributed by atoms with Crippen LogP contribution in [0.1, 0.15) is 43.6 Å². The molecule has 0 bridgehead atoms. The molecule has 0 spiro atoms. The van der Waals surface area contributed by atoms with E-state index in [9.17, 15) is 4.79 Å². The van der Waals surface area contributed by atoms with E-state index in [1.165, 1.54) is 5.56 Å². The molecule has 0 radical (unpaired) electrons. The van der Waals surface area contributed by atoms with E-state index in [4.69, 9.17) is 14.2 Å². The number of benzene rings is 3. The van der Waals surface area contributed by atoms with E-state index in [2.05, 4.69) is 36.2 Å². The minimum atomic E-state index is -0.163. The fraction of sp³-hybridized carbons (Fsp3) is 0.250. The van der Waals surface area contributed by atoms with E-state index in [0.717, 1.165) is 11.3 Å². The number of rotatable bonds is 6. The Balaban J connectivity index is 1.38. The highest BCUT2D eigenvalue weighted by Gasteiger charge is 2.20. The fourth-order valence-corrected chi connectivity index (χ4v) is 3.90. The molecule has 0 atom stereocenters. The van der Waals surface area contributed by atoms with Crippen molar-refractivity contribution in [2.24, 2.45) is 0 Å². The minimum absolute atomic E-state index is 0.0354. The lowest BCUT2D eigenvalue weighted by atomic mass is 9.87. The van der Waals surface area contributed by atoms with Crippen molar-refractivity contribution in [3.05, 3.63) is 77.9 Å². The lowest BCUT2D eigenvalue weighted by molar-refractivity contribution is 0.102. The van der Waals surface area contributed by atoms with Gasteiger partial charge in [-0.25, -0.2) is 4.68 Å². The zero-order valence-corrected chi connectivity index (χ0v) is 20.7. The molecule has 0 saturated carbocycles. The van der Waals surface area contributed by atoms with Gasteiger partial charge in [0.15, 0.2) is 17.3 Å². The summed E-state index contributed by atoms with van der Waals surface area (Å²) in [7, 11) is 0. The topological polar surface area (TPSA) is 87.5 Å². The predicted octanol–water partition coefficient (Wildman–Crippen LogP) is 5.61. The Labute approximate surface area is 209 Å². The van der Waals surface area contributed by atoms with Crippen LogP contribution in [0.15, 0.2) is 66.7 Å². The van der Waals surface area contributed by atoms with Gasteiger partial charge in [-0.1, -0.05) is 32.9 Å². The van der Waals surface area contributed by atoms with Crippen molar-refractivity contribution in [3.8, 4) is 34.6 Å². The second kappa shape index (κ2) is 9.37. The van der Waals surface area contributed by atoms with Crippen molar-refractivity contribution in [2.75, 3.05) is 18.7 Å². The SMILES string of the molecule is CCOc1nc(-c2ccc3c(c2)OCO3)n(-c2ccc(NC(=O)c3ccc(C(C)(C)C)cc3)cc2)n1. The van der Waals surface area contributed by atoms with Gasteiger partial charge in [0.2, 0.25) is 6.79 Å². The summed E-state index contributed by atoms with van der Waals surface area (Å²) in [5.41, 5.74) is 4.09. The molecule has 1 amide bonds. The van der Waals surface area contributed by atoms with Gasteiger partial charge in [-0.15, -0.1) is 5.10 Å². The molecule has 1 aromatic heterocycles. The number of nitrogens with zero attached hydrogens (tertiary/aromatic N) is 3. The monoisotopic (exact) mass is 484 g/mol. The van der Waals surface area contributed by atoms with Gasteiger partial charge in [-0.2, -0.15) is 4.98 Å². The Kier molecular flexibility index (Phi) is 6.10. The standard InChI is InChI=1S/C28H28N4O4/c1-5-34-27-30-25(19-8-15-23-24(16-19)36-17-35-23)32(31-27)22-13-11-21(12-14-22)29-26(33)18-6-9-20(10-7-18)28(2,3)4/h6-16H,5,17H2,1-4H3,(H,29,33). The van der Waals surface area contributed by atoms with Crippen LogP contribution in [0, 0.1) is 0 Å². The Morgan fingerprint density at radius 1 is 1.00 bits per heavy atom. The van der Waals surface area contributed by atoms with Gasteiger partial charge < -0.3 is 19.5 Å². The van der Waals surface area contributed by atoms with Gasteiger partial charge in [0.05, 0.1) is 12.3 Å². The van der Waals surface area contributed by atoms with E-state index < -0.39 is 0 Å². The predicted molar refractivity (Wildman–Crippen MR) is 137 cm³/mol. The van der Waals surface area contributed by atoms with Crippen molar-refractivity contribution in [1.29, 1.82) is 0 Å². The molecule has 0 unspecified atom stereocenters. The molecular formula is C28H28N4O4. The van der Waals surface area contributed by atoms with Crippen LogP contribution in [0.3, 0.4) is 0 Å². The quantitative estimate of drug-likeness (QED) is 0.383. The van der Waals surface area contributed by atoms with E-state index in [1.54, 1.807) is 4.68 Å². The summed E-state index contributed by atoms with van der Waals surface area (Å²) in [6.07, 6.45) is 0. The average Bonchev–Trinajstić information content (AvgIpc) is 3.51. The Hall–Kier alpha value is -4.33. The fourth-order valence-electron chi connectivity index (χ4n) is 3.90. The lowest BCUT2D eigenvalue weighted by Crippen LogP contribution is -2.14. The van der Waals surface area contributed by atoms with Crippen molar-refractivity contribution in [3.63, 3.8) is 0 Å². The summed E-state index contributed by atoms with van der Waals surface area (Å²) in [4.78, 5) is 17.3. The smallest absolute Gasteiger partial charge is 0.336 e. The van der Waals surface area contributed by atoms with Crippen LogP contribution >= 0.6 is 0 Å². The molecule has 1 aliphatic heterocycles. The molecule has 1 aliphatic rings. The van der Waals surface area contributed by atoms with Crippen LogP contribution in [0.4, 0.5) is 5.69 Å². The lowest BCUT2D eigenvalue weighted by Gasteiger charge is -2.19. The average molecular weight is 485 g/mol. The molecule has 2 heterocycles. The van der Waals surface area contributed by atoms with Crippen LogP contribution in [-0.2, 0) is 5.41 Å². The highest BCUT2D eigenvalue weighted by atomic mass is 16.7. The number of carbonyl (C=O) groups is 1. The van der Waals surface area contributed by atoms with Gasteiger partial charge in [-0.05, 0) is 72.5 Å². The largest absolute Gasteiger partial charge is 0.463 e. The molecule has 184 valence electrons. The third-order valence-electron chi connectivity index (χ3n) is 5.87. The Bertz CT molecular complexity index is 1390. The summed E-state index contributed by atoms with van der Waals surface area (Å²) in [5, 5.41) is 7.49. The molecular weight excluding hydrogens is 456 g/mol. The second-order valence-electron chi connectivity index (χ2n) is 9.46. The molecule has 4 aromatic rings. The zero-order chi connectivity index (χ0) is 25.3. The number of ether oxygens (including phenoxy) is 3. The van der Waals surface area contributed by atoms with Gasteiger partial charge >= 0.3 is 6.01 Å². The van der Waals surface area contributed by atoms with Gasteiger partial charge in [0, 0.05) is 16.8 Å². The molecule has 5 rings (SSSR count). The van der Waals surface area contributed by atoms with E-state index >= 15 is 0 Å². The minimum Gasteiger partial charge on any atom is -0.463 e. The molecule has 0 aliphatic carbocycles. The van der Waals surface area contributed by atoms with Crippen LogP contribution in [0.2, 0.25) is 0 Å². The number of nitrogens with one attached hydrogen (secondary N) is 1. The van der Waals surface area contributed by atoms with Crippen molar-refractivity contribution < 1.29 is 19.0 Å². The molecule has 8 nitrogen and oxygen atoms in total. The van der Waals surface area contributed by atoms with Crippen molar-refractivity contribution in [1.82, 2.24) is 14.8 Å². The van der Waals surface area contributed by atoms with Gasteiger partial charge in [0.1, 0.15) is 0 Å². The second-order valence-corrected chi connectivity index (χ2v) is 9.46. The highest BCUT2D eigenvalue weighted by molar-refractivity contribution is 6.04. The number of amides is 1. The maximum absolute atomic E-state index is 12.8. The Morgan fingerprint density at radius 2 is 1.72 bits per heavy atom. The van der Waals surface area contributed by atoms with E-state index in [-0.39, 0.29) is 24.1 Å². The van der Waals surface area contributed by atoms with Crippen LogP contribution in [-0.4, -0.2) is 34.1 Å². The van der Waals surface area contributed by atoms with Gasteiger partial charge in [-0.3, -0.25) is 4.79 Å². The zero-order valence-electron chi connectivity index (χ0n) is 20.7. The van der Waals surface area contributed by atoms with Gasteiger partial charge in [0.25, 0.3) is 5.91 Å². The molecule has 0 fully saturated rings. The summed E-state index contributed by atoms with van der Waals surface area (Å²) in [6.45, 7) is 8.97. The number of anilines is 1. The normalized spacial score (nSPS) is 12.4. The van der Waals surface area contributed by atoms with Crippen LogP contribution < -0.4 is 19.5 Å². The highest BCUT2D eigenvalue weighted by Crippen LogP contribution is 2.36. The number of hydrogen-bond acceptors (Lipinski definition) is 6. The number of aromatic nitrogens is 3. The number of fused-ring (bicyclic) bond motifs is 1. The van der Waals surface area contributed by atoms with Crippen LogP contribution in [0.5, 0.6) is 17.5 Å². The maximum atomic E-state index is 12.8. The molecule has 1 N–H and O–H groups in total. The third kappa shape index (κ3) is 4.75. The molecule has 8 heteroatoms. The Morgan fingerprint density at radius 3 is 2.42 bits per heavy atom. The first-order valence-electron chi connectivity index (χ1n) is 11.8. The van der Waals surface area contributed by atoms with E-state index in [1.807, 2.05) is 73.7 Å². The molecule has 0 saturated heterocycles. The molecule has 3 aromatic carbocycles. The van der Waals surface area contributed by atoms with Crippen molar-refractivity contribution >= 4 is 11.6 Å². The third-order valence-corrected chi connectivity index (χ3v) is 5.87.